The molecular formula is C18H20F2N6O2. The van der Waals surface area contributed by atoms with Crippen molar-refractivity contribution >= 4 is 11.0 Å². The number of aryl methyl sites for hydroxylation is 1. The van der Waals surface area contributed by atoms with E-state index in [2.05, 4.69) is 25.2 Å². The molecule has 0 amide bonds. The van der Waals surface area contributed by atoms with Gasteiger partial charge in [-0.3, -0.25) is 4.79 Å². The third kappa shape index (κ3) is 2.82. The molecule has 3 heterocycles. The van der Waals surface area contributed by atoms with Crippen LogP contribution in [0.25, 0.3) is 11.0 Å². The zero-order chi connectivity index (χ0) is 19.5. The molecule has 2 aliphatic carbocycles. The monoisotopic (exact) mass is 390 g/mol. The van der Waals surface area contributed by atoms with Crippen LogP contribution in [0.3, 0.4) is 0 Å². The molecule has 3 aromatic rings. The average Bonchev–Trinajstić information content (AvgIpc) is 3.21. The van der Waals surface area contributed by atoms with E-state index < -0.39 is 5.92 Å². The Labute approximate surface area is 158 Å². The Balaban J connectivity index is 1.49. The smallest absolute Gasteiger partial charge is 0.262 e. The van der Waals surface area contributed by atoms with Crippen LogP contribution < -0.4 is 5.56 Å². The molecule has 10 heteroatoms. The highest BCUT2D eigenvalue weighted by Gasteiger charge is 2.40. The van der Waals surface area contributed by atoms with Crippen molar-refractivity contribution in [3.05, 3.63) is 34.1 Å². The van der Waals surface area contributed by atoms with Gasteiger partial charge < -0.3 is 9.51 Å². The molecule has 0 saturated heterocycles. The fourth-order valence-corrected chi connectivity index (χ4v) is 4.25. The number of nitrogens with zero attached hydrogens (tertiary/aromatic N) is 5. The zero-order valence-electron chi connectivity index (χ0n) is 15.4. The van der Waals surface area contributed by atoms with E-state index in [1.54, 1.807) is 11.6 Å². The highest BCUT2D eigenvalue weighted by atomic mass is 19.3. The van der Waals surface area contributed by atoms with E-state index in [1.807, 2.05) is 0 Å². The summed E-state index contributed by atoms with van der Waals surface area (Å²) in [6.07, 6.45) is 3.50. The number of aromatic nitrogens is 6. The second-order valence-corrected chi connectivity index (χ2v) is 7.83. The molecule has 2 atom stereocenters. The van der Waals surface area contributed by atoms with Crippen LogP contribution in [0.1, 0.15) is 73.9 Å². The number of rotatable bonds is 3. The van der Waals surface area contributed by atoms with Crippen LogP contribution in [0.4, 0.5) is 8.78 Å². The first-order chi connectivity index (χ1) is 13.4. The second kappa shape index (κ2) is 6.18. The van der Waals surface area contributed by atoms with Gasteiger partial charge in [0.2, 0.25) is 11.8 Å². The molecule has 0 spiro atoms. The highest BCUT2D eigenvalue weighted by molar-refractivity contribution is 5.73. The molecule has 5 rings (SSSR count). The van der Waals surface area contributed by atoms with Crippen LogP contribution >= 0.6 is 0 Å². The van der Waals surface area contributed by atoms with Gasteiger partial charge in [0.05, 0.1) is 12.2 Å². The molecule has 148 valence electrons. The summed E-state index contributed by atoms with van der Waals surface area (Å²) >= 11 is 0. The molecule has 8 nitrogen and oxygen atoms in total. The lowest BCUT2D eigenvalue weighted by molar-refractivity contribution is -0.0446. The van der Waals surface area contributed by atoms with Gasteiger partial charge in [-0.1, -0.05) is 5.16 Å². The Bertz CT molecular complexity index is 1080. The van der Waals surface area contributed by atoms with Crippen LogP contribution in [0.15, 0.2) is 15.5 Å². The Hall–Kier alpha value is -2.65. The molecule has 2 fully saturated rings. The van der Waals surface area contributed by atoms with Crippen molar-refractivity contribution in [2.75, 3.05) is 0 Å². The SMILES string of the molecule is Cc1noc(C2CC[C@H]2c2nc3c(cnn3C3CCC(F)(F)CC3)c(=O)[nH]2)n1. The predicted molar refractivity (Wildman–Crippen MR) is 94.4 cm³/mol. The van der Waals surface area contributed by atoms with E-state index in [9.17, 15) is 13.6 Å². The molecule has 0 aromatic carbocycles. The van der Waals surface area contributed by atoms with Crippen molar-refractivity contribution in [1.29, 1.82) is 0 Å². The molecule has 0 aliphatic heterocycles. The quantitative estimate of drug-likeness (QED) is 0.737. The standard InChI is InChI=1S/C18H20F2N6O2/c1-9-22-17(28-25-9)12-3-2-11(12)14-23-15-13(16(27)24-14)8-21-26(15)10-4-6-18(19,20)7-5-10/h8,10-12H,2-7H2,1H3,(H,23,24,27)/t11-,12?/m1/s1. The Morgan fingerprint density at radius 2 is 1.93 bits per heavy atom. The topological polar surface area (TPSA) is 102 Å². The highest BCUT2D eigenvalue weighted by Crippen LogP contribution is 2.47. The van der Waals surface area contributed by atoms with E-state index >= 15 is 0 Å². The summed E-state index contributed by atoms with van der Waals surface area (Å²) in [5.74, 6) is -0.920. The van der Waals surface area contributed by atoms with Crippen molar-refractivity contribution in [2.45, 2.75) is 69.2 Å². The summed E-state index contributed by atoms with van der Waals surface area (Å²) in [5, 5.41) is 8.52. The molecule has 1 unspecified atom stereocenters. The summed E-state index contributed by atoms with van der Waals surface area (Å²) in [6, 6.07) is -0.171. The average molecular weight is 390 g/mol. The maximum Gasteiger partial charge on any atom is 0.262 e. The number of hydrogen-bond acceptors (Lipinski definition) is 6. The number of hydrogen-bond donors (Lipinski definition) is 1. The fraction of sp³-hybridized carbons (Fsp3) is 0.611. The van der Waals surface area contributed by atoms with Crippen molar-refractivity contribution in [3.8, 4) is 0 Å². The minimum atomic E-state index is -2.61. The number of nitrogens with one attached hydrogen (secondary N) is 1. The van der Waals surface area contributed by atoms with Crippen molar-refractivity contribution in [2.24, 2.45) is 0 Å². The van der Waals surface area contributed by atoms with Gasteiger partial charge in [-0.15, -0.1) is 0 Å². The molecular weight excluding hydrogens is 370 g/mol. The minimum absolute atomic E-state index is 0.0176. The Morgan fingerprint density at radius 3 is 2.57 bits per heavy atom. The van der Waals surface area contributed by atoms with Gasteiger partial charge in [-0.25, -0.2) is 18.4 Å². The second-order valence-electron chi connectivity index (χ2n) is 7.83. The maximum atomic E-state index is 13.5. The lowest BCUT2D eigenvalue weighted by Gasteiger charge is -2.33. The largest absolute Gasteiger partial charge is 0.339 e. The molecule has 0 bridgehead atoms. The van der Waals surface area contributed by atoms with E-state index in [-0.39, 0.29) is 36.3 Å². The predicted octanol–water partition coefficient (Wildman–Crippen LogP) is 3.22. The van der Waals surface area contributed by atoms with Crippen LogP contribution in [-0.2, 0) is 0 Å². The van der Waals surface area contributed by atoms with Gasteiger partial charge in [-0.05, 0) is 32.6 Å². The first-order valence-electron chi connectivity index (χ1n) is 9.57. The number of aromatic amines is 1. The molecule has 0 radical (unpaired) electrons. The van der Waals surface area contributed by atoms with Gasteiger partial charge in [0.1, 0.15) is 11.2 Å². The first-order valence-corrected chi connectivity index (χ1v) is 9.57. The molecule has 2 aliphatic rings. The van der Waals surface area contributed by atoms with Gasteiger partial charge in [0, 0.05) is 24.7 Å². The summed E-state index contributed by atoms with van der Waals surface area (Å²) < 4.78 is 34.0. The lowest BCUT2D eigenvalue weighted by atomic mass is 9.73. The van der Waals surface area contributed by atoms with Gasteiger partial charge >= 0.3 is 0 Å². The maximum absolute atomic E-state index is 13.5. The van der Waals surface area contributed by atoms with Crippen LogP contribution in [-0.4, -0.2) is 35.8 Å². The van der Waals surface area contributed by atoms with Gasteiger partial charge in [0.15, 0.2) is 11.5 Å². The van der Waals surface area contributed by atoms with Gasteiger partial charge in [0.25, 0.3) is 5.56 Å². The number of fused-ring (bicyclic) bond motifs is 1. The van der Waals surface area contributed by atoms with Crippen LogP contribution in [0.5, 0.6) is 0 Å². The van der Waals surface area contributed by atoms with E-state index in [0.717, 1.165) is 12.8 Å². The summed E-state index contributed by atoms with van der Waals surface area (Å²) in [6.45, 7) is 1.76. The Kier molecular flexibility index (Phi) is 3.85. The number of H-pyrrole nitrogens is 1. The summed E-state index contributed by atoms with van der Waals surface area (Å²) in [4.78, 5) is 24.4. The number of alkyl halides is 2. The summed E-state index contributed by atoms with van der Waals surface area (Å²) in [5.41, 5.74) is 0.195. The zero-order valence-corrected chi connectivity index (χ0v) is 15.4. The molecule has 2 saturated carbocycles. The molecule has 1 N–H and O–H groups in total. The van der Waals surface area contributed by atoms with Gasteiger partial charge in [-0.2, -0.15) is 10.1 Å². The van der Waals surface area contributed by atoms with Crippen molar-refractivity contribution in [3.63, 3.8) is 0 Å². The van der Waals surface area contributed by atoms with Crippen LogP contribution in [0.2, 0.25) is 0 Å². The Morgan fingerprint density at radius 1 is 1.18 bits per heavy atom. The third-order valence-corrected chi connectivity index (χ3v) is 6.00. The molecule has 28 heavy (non-hydrogen) atoms. The van der Waals surface area contributed by atoms with Crippen LogP contribution in [0, 0.1) is 6.92 Å². The first kappa shape index (κ1) is 17.4. The molecule has 3 aromatic heterocycles. The van der Waals surface area contributed by atoms with E-state index in [0.29, 0.717) is 41.4 Å². The minimum Gasteiger partial charge on any atom is -0.339 e. The van der Waals surface area contributed by atoms with Crippen molar-refractivity contribution < 1.29 is 13.3 Å². The van der Waals surface area contributed by atoms with E-state index in [1.165, 1.54) is 6.20 Å². The van der Waals surface area contributed by atoms with Crippen molar-refractivity contribution in [1.82, 2.24) is 29.9 Å². The normalized spacial score (nSPS) is 25.1. The summed E-state index contributed by atoms with van der Waals surface area (Å²) in [7, 11) is 0. The van der Waals surface area contributed by atoms with E-state index in [4.69, 9.17) is 4.52 Å². The number of halogens is 2. The lowest BCUT2D eigenvalue weighted by Crippen LogP contribution is -2.28. The third-order valence-electron chi connectivity index (χ3n) is 6.00. The fourth-order valence-electron chi connectivity index (χ4n) is 4.25.